The van der Waals surface area contributed by atoms with Crippen LogP contribution >= 0.6 is 23.2 Å². The molecule has 4 aromatic rings. The maximum Gasteiger partial charge on any atom is 0.332 e. The van der Waals surface area contributed by atoms with Crippen molar-refractivity contribution in [1.82, 2.24) is 19.1 Å². The minimum absolute atomic E-state index is 0.0909. The Hall–Kier alpha value is -3.20. The Bertz CT molecular complexity index is 1470. The predicted molar refractivity (Wildman–Crippen MR) is 131 cm³/mol. The van der Waals surface area contributed by atoms with Crippen LogP contribution in [-0.4, -0.2) is 24.2 Å². The number of rotatable bonds is 7. The van der Waals surface area contributed by atoms with Gasteiger partial charge in [-0.3, -0.25) is 18.9 Å². The number of aliphatic hydroxyl groups excluding tert-OH is 1. The van der Waals surface area contributed by atoms with Gasteiger partial charge in [0, 0.05) is 36.4 Å². The smallest absolute Gasteiger partial charge is 0.332 e. The zero-order chi connectivity index (χ0) is 24.4. The number of aryl methyl sites for hydroxylation is 1. The zero-order valence-corrected chi connectivity index (χ0v) is 20.0. The SMILES string of the molecule is CCCCn1c(=O)c2c(C(O)c3ccc(Cl)cc3)c(Oc3cncc(Cl)c3)cnc2n(C)c1=O. The van der Waals surface area contributed by atoms with Crippen molar-refractivity contribution < 1.29 is 9.84 Å². The fourth-order valence-corrected chi connectivity index (χ4v) is 4.00. The van der Waals surface area contributed by atoms with Gasteiger partial charge in [-0.1, -0.05) is 48.7 Å². The monoisotopic (exact) mass is 500 g/mol. The van der Waals surface area contributed by atoms with Crippen molar-refractivity contribution in [3.8, 4) is 11.5 Å². The maximum absolute atomic E-state index is 13.6. The van der Waals surface area contributed by atoms with Crippen molar-refractivity contribution in [3.63, 3.8) is 0 Å². The number of nitrogens with zero attached hydrogens (tertiary/aromatic N) is 4. The van der Waals surface area contributed by atoms with E-state index in [4.69, 9.17) is 27.9 Å². The summed E-state index contributed by atoms with van der Waals surface area (Å²) in [4.78, 5) is 34.8. The van der Waals surface area contributed by atoms with Gasteiger partial charge in [0.05, 0.1) is 22.8 Å². The van der Waals surface area contributed by atoms with E-state index in [0.717, 1.165) is 11.0 Å². The summed E-state index contributed by atoms with van der Waals surface area (Å²) in [6.45, 7) is 2.22. The summed E-state index contributed by atoms with van der Waals surface area (Å²) in [6, 6.07) is 8.14. The number of fused-ring (bicyclic) bond motifs is 1. The first-order valence-electron chi connectivity index (χ1n) is 10.7. The Labute approximate surface area is 205 Å². The van der Waals surface area contributed by atoms with Crippen LogP contribution in [0, 0.1) is 0 Å². The van der Waals surface area contributed by atoms with Gasteiger partial charge in [-0.25, -0.2) is 9.78 Å². The molecule has 0 saturated carbocycles. The van der Waals surface area contributed by atoms with E-state index in [1.54, 1.807) is 37.4 Å². The topological polar surface area (TPSA) is 99.2 Å². The van der Waals surface area contributed by atoms with E-state index in [1.165, 1.54) is 23.2 Å². The molecule has 0 aliphatic carbocycles. The molecular weight excluding hydrogens is 479 g/mol. The van der Waals surface area contributed by atoms with Gasteiger partial charge in [0.25, 0.3) is 5.56 Å². The molecule has 4 rings (SSSR count). The third-order valence-corrected chi connectivity index (χ3v) is 5.92. The van der Waals surface area contributed by atoms with Gasteiger partial charge in [0.15, 0.2) is 5.75 Å². The fraction of sp³-hybridized carbons (Fsp3) is 0.250. The van der Waals surface area contributed by atoms with E-state index in [-0.39, 0.29) is 28.9 Å². The summed E-state index contributed by atoms with van der Waals surface area (Å²) in [7, 11) is 1.54. The average Bonchev–Trinajstić information content (AvgIpc) is 2.82. The Morgan fingerprint density at radius 3 is 2.50 bits per heavy atom. The van der Waals surface area contributed by atoms with Crippen LogP contribution < -0.4 is 16.0 Å². The average molecular weight is 501 g/mol. The Morgan fingerprint density at radius 1 is 1.09 bits per heavy atom. The first kappa shape index (κ1) is 23.9. The number of aliphatic hydroxyl groups is 1. The lowest BCUT2D eigenvalue weighted by Crippen LogP contribution is -2.40. The van der Waals surface area contributed by atoms with E-state index in [1.807, 2.05) is 6.92 Å². The largest absolute Gasteiger partial charge is 0.454 e. The number of benzene rings is 1. The standard InChI is InChI=1S/C24H22Cl2N4O4/c1-3-4-9-30-23(32)20-19(21(31)14-5-7-15(25)8-6-14)18(13-28-22(20)29(2)24(30)33)34-17-10-16(26)11-27-12-17/h5-8,10-13,21,31H,3-4,9H2,1-2H3. The number of hydrogen-bond acceptors (Lipinski definition) is 6. The number of unbranched alkanes of at least 4 members (excludes halogenated alkanes) is 1. The number of ether oxygens (including phenoxy) is 1. The number of halogens is 2. The van der Waals surface area contributed by atoms with E-state index >= 15 is 0 Å². The van der Waals surface area contributed by atoms with Crippen LogP contribution in [0.2, 0.25) is 10.0 Å². The highest BCUT2D eigenvalue weighted by molar-refractivity contribution is 6.30. The van der Waals surface area contributed by atoms with Crippen LogP contribution in [0.15, 0.2) is 58.5 Å². The molecule has 3 aromatic heterocycles. The molecule has 0 radical (unpaired) electrons. The molecule has 3 heterocycles. The minimum atomic E-state index is -1.27. The first-order chi connectivity index (χ1) is 16.3. The molecule has 1 atom stereocenters. The highest BCUT2D eigenvalue weighted by Crippen LogP contribution is 2.36. The number of aromatic nitrogens is 4. The Balaban J connectivity index is 2.02. The second-order valence-corrected chi connectivity index (χ2v) is 8.65. The molecule has 1 N–H and O–H groups in total. The van der Waals surface area contributed by atoms with Crippen LogP contribution in [0.25, 0.3) is 11.0 Å². The van der Waals surface area contributed by atoms with E-state index < -0.39 is 17.4 Å². The first-order valence-corrected chi connectivity index (χ1v) is 11.4. The molecular formula is C24H22Cl2N4O4. The quantitative estimate of drug-likeness (QED) is 0.401. The number of hydrogen-bond donors (Lipinski definition) is 1. The summed E-state index contributed by atoms with van der Waals surface area (Å²) in [5.41, 5.74) is -0.213. The molecule has 8 nitrogen and oxygen atoms in total. The highest BCUT2D eigenvalue weighted by atomic mass is 35.5. The second-order valence-electron chi connectivity index (χ2n) is 7.78. The molecule has 0 saturated heterocycles. The molecule has 176 valence electrons. The second kappa shape index (κ2) is 9.97. The van der Waals surface area contributed by atoms with Gasteiger partial charge in [-0.2, -0.15) is 0 Å². The maximum atomic E-state index is 13.6. The van der Waals surface area contributed by atoms with E-state index in [2.05, 4.69) is 9.97 Å². The fourth-order valence-electron chi connectivity index (χ4n) is 3.71. The molecule has 0 amide bonds. The molecule has 0 spiro atoms. The molecule has 0 aliphatic rings. The molecule has 34 heavy (non-hydrogen) atoms. The van der Waals surface area contributed by atoms with Crippen LogP contribution in [0.1, 0.15) is 37.0 Å². The normalized spacial score (nSPS) is 12.1. The van der Waals surface area contributed by atoms with E-state index in [0.29, 0.717) is 27.8 Å². The van der Waals surface area contributed by atoms with Gasteiger partial charge in [-0.05, 0) is 24.1 Å². The van der Waals surface area contributed by atoms with Gasteiger partial charge in [0.2, 0.25) is 0 Å². The molecule has 1 aromatic carbocycles. The van der Waals surface area contributed by atoms with Crippen molar-refractivity contribution in [3.05, 3.63) is 90.9 Å². The van der Waals surface area contributed by atoms with Gasteiger partial charge in [-0.15, -0.1) is 0 Å². The lowest BCUT2D eigenvalue weighted by molar-refractivity contribution is 0.217. The van der Waals surface area contributed by atoms with Crippen molar-refractivity contribution in [2.24, 2.45) is 7.05 Å². The third-order valence-electron chi connectivity index (χ3n) is 5.46. The lowest BCUT2D eigenvalue weighted by Gasteiger charge is -2.20. The predicted octanol–water partition coefficient (Wildman–Crippen LogP) is 4.47. The van der Waals surface area contributed by atoms with Crippen LogP contribution in [0.5, 0.6) is 11.5 Å². The number of pyridine rings is 2. The molecule has 1 unspecified atom stereocenters. The summed E-state index contributed by atoms with van der Waals surface area (Å²) < 4.78 is 8.44. The summed E-state index contributed by atoms with van der Waals surface area (Å²) in [6.07, 6.45) is 4.46. The van der Waals surface area contributed by atoms with Gasteiger partial charge >= 0.3 is 5.69 Å². The molecule has 0 fully saturated rings. The molecule has 0 aliphatic heterocycles. The van der Waals surface area contributed by atoms with Gasteiger partial charge < -0.3 is 9.84 Å². The van der Waals surface area contributed by atoms with Crippen LogP contribution in [0.3, 0.4) is 0 Å². The zero-order valence-electron chi connectivity index (χ0n) is 18.5. The lowest BCUT2D eigenvalue weighted by atomic mass is 9.98. The Kier molecular flexibility index (Phi) is 7.02. The Morgan fingerprint density at radius 2 is 1.82 bits per heavy atom. The summed E-state index contributed by atoms with van der Waals surface area (Å²) >= 11 is 12.1. The van der Waals surface area contributed by atoms with Crippen LogP contribution in [-0.2, 0) is 13.6 Å². The van der Waals surface area contributed by atoms with E-state index in [9.17, 15) is 14.7 Å². The summed E-state index contributed by atoms with van der Waals surface area (Å²) in [5, 5.41) is 12.4. The summed E-state index contributed by atoms with van der Waals surface area (Å²) in [5.74, 6) is 0.436. The van der Waals surface area contributed by atoms with Crippen molar-refractivity contribution in [1.29, 1.82) is 0 Å². The highest BCUT2D eigenvalue weighted by Gasteiger charge is 2.25. The third kappa shape index (κ3) is 4.57. The molecule has 10 heteroatoms. The minimum Gasteiger partial charge on any atom is -0.454 e. The van der Waals surface area contributed by atoms with Crippen molar-refractivity contribution >= 4 is 34.2 Å². The van der Waals surface area contributed by atoms with Crippen molar-refractivity contribution in [2.75, 3.05) is 0 Å². The molecule has 0 bridgehead atoms. The van der Waals surface area contributed by atoms with Gasteiger partial charge in [0.1, 0.15) is 17.5 Å². The van der Waals surface area contributed by atoms with Crippen molar-refractivity contribution in [2.45, 2.75) is 32.4 Å². The van der Waals surface area contributed by atoms with Crippen LogP contribution in [0.4, 0.5) is 0 Å².